The first-order chi connectivity index (χ1) is 8.48. The number of rotatable bonds is 7. The topological polar surface area (TPSA) is 15.3 Å². The van der Waals surface area contributed by atoms with Gasteiger partial charge in [0, 0.05) is 25.3 Å². The molecular weight excluding hydrogens is 227 g/mol. The summed E-state index contributed by atoms with van der Waals surface area (Å²) in [5.74, 6) is -0.179. The van der Waals surface area contributed by atoms with Gasteiger partial charge < -0.3 is 10.2 Å². The maximum atomic E-state index is 12.9. The van der Waals surface area contributed by atoms with Crippen LogP contribution in [-0.2, 0) is 0 Å². The Morgan fingerprint density at radius 2 is 1.78 bits per heavy atom. The lowest BCUT2D eigenvalue weighted by Crippen LogP contribution is -2.40. The molecule has 0 unspecified atom stereocenters. The predicted molar refractivity (Wildman–Crippen MR) is 76.6 cm³/mol. The number of anilines is 1. The quantitative estimate of drug-likeness (QED) is 0.801. The number of nitrogens with zero attached hydrogens (tertiary/aromatic N) is 1. The zero-order valence-electron chi connectivity index (χ0n) is 12.0. The van der Waals surface area contributed by atoms with Gasteiger partial charge in [-0.3, -0.25) is 0 Å². The zero-order valence-corrected chi connectivity index (χ0v) is 12.0. The summed E-state index contributed by atoms with van der Waals surface area (Å²) < 4.78 is 12.9. The second-order valence-electron chi connectivity index (χ2n) is 5.44. The minimum absolute atomic E-state index is 0.179. The summed E-state index contributed by atoms with van der Waals surface area (Å²) in [5.41, 5.74) is 1.28. The predicted octanol–water partition coefficient (Wildman–Crippen LogP) is 3.29. The van der Waals surface area contributed by atoms with E-state index in [9.17, 15) is 4.39 Å². The molecule has 0 aromatic heterocycles. The molecule has 1 rings (SSSR count). The van der Waals surface area contributed by atoms with Gasteiger partial charge in [0.05, 0.1) is 0 Å². The monoisotopic (exact) mass is 252 g/mol. The maximum Gasteiger partial charge on any atom is 0.123 e. The van der Waals surface area contributed by atoms with Crippen molar-refractivity contribution in [2.75, 3.05) is 31.1 Å². The molecule has 0 saturated heterocycles. The van der Waals surface area contributed by atoms with Crippen LogP contribution in [0.2, 0.25) is 0 Å². The molecule has 102 valence electrons. The molecule has 1 N–H and O–H groups in total. The Morgan fingerprint density at radius 3 is 2.28 bits per heavy atom. The maximum absolute atomic E-state index is 12.9. The zero-order chi connectivity index (χ0) is 13.6. The van der Waals surface area contributed by atoms with E-state index in [1.54, 1.807) is 0 Å². The largest absolute Gasteiger partial charge is 0.371 e. The van der Waals surface area contributed by atoms with Gasteiger partial charge in [-0.05, 0) is 43.1 Å². The number of hydrogen-bond donors (Lipinski definition) is 1. The third-order valence-electron chi connectivity index (χ3n) is 3.05. The van der Waals surface area contributed by atoms with Crippen LogP contribution < -0.4 is 10.2 Å². The fourth-order valence-electron chi connectivity index (χ4n) is 2.07. The first-order valence-electron chi connectivity index (χ1n) is 6.69. The Balaban J connectivity index is 2.69. The van der Waals surface area contributed by atoms with Gasteiger partial charge in [-0.15, -0.1) is 0 Å². The average Bonchev–Trinajstić information content (AvgIpc) is 2.35. The van der Waals surface area contributed by atoms with Crippen LogP contribution in [0.15, 0.2) is 24.3 Å². The van der Waals surface area contributed by atoms with E-state index >= 15 is 0 Å². The number of halogens is 1. The average molecular weight is 252 g/mol. The highest BCUT2D eigenvalue weighted by molar-refractivity contribution is 5.46. The van der Waals surface area contributed by atoms with E-state index in [1.165, 1.54) is 12.1 Å². The van der Waals surface area contributed by atoms with Crippen LogP contribution in [0.3, 0.4) is 0 Å². The van der Waals surface area contributed by atoms with Crippen molar-refractivity contribution in [3.63, 3.8) is 0 Å². The summed E-state index contributed by atoms with van der Waals surface area (Å²) >= 11 is 0. The smallest absolute Gasteiger partial charge is 0.123 e. The first kappa shape index (κ1) is 15.0. The van der Waals surface area contributed by atoms with Gasteiger partial charge in [0.2, 0.25) is 0 Å². The highest BCUT2D eigenvalue weighted by atomic mass is 19.1. The van der Waals surface area contributed by atoms with Gasteiger partial charge in [-0.25, -0.2) is 4.39 Å². The third kappa shape index (κ3) is 4.65. The highest BCUT2D eigenvalue weighted by Gasteiger charge is 2.20. The minimum atomic E-state index is -0.179. The third-order valence-corrected chi connectivity index (χ3v) is 3.05. The Hall–Kier alpha value is -1.09. The van der Waals surface area contributed by atoms with Crippen molar-refractivity contribution in [1.82, 2.24) is 5.32 Å². The molecule has 0 heterocycles. The molecule has 0 bridgehead atoms. The van der Waals surface area contributed by atoms with Gasteiger partial charge in [-0.2, -0.15) is 0 Å². The molecule has 1 aromatic carbocycles. The number of nitrogens with one attached hydrogen (secondary N) is 1. The first-order valence-corrected chi connectivity index (χ1v) is 6.69. The molecule has 0 saturated carbocycles. The van der Waals surface area contributed by atoms with E-state index in [4.69, 9.17) is 0 Å². The Morgan fingerprint density at radius 1 is 1.17 bits per heavy atom. The lowest BCUT2D eigenvalue weighted by Gasteiger charge is -2.33. The molecule has 0 atom stereocenters. The van der Waals surface area contributed by atoms with Crippen molar-refractivity contribution in [3.8, 4) is 0 Å². The van der Waals surface area contributed by atoms with E-state index in [-0.39, 0.29) is 11.2 Å². The lowest BCUT2D eigenvalue weighted by atomic mass is 9.92. The molecule has 0 radical (unpaired) electrons. The summed E-state index contributed by atoms with van der Waals surface area (Å²) in [6.07, 6.45) is 0. The molecule has 0 aliphatic carbocycles. The van der Waals surface area contributed by atoms with E-state index in [1.807, 2.05) is 12.1 Å². The van der Waals surface area contributed by atoms with Crippen molar-refractivity contribution in [2.24, 2.45) is 5.41 Å². The van der Waals surface area contributed by atoms with Crippen molar-refractivity contribution in [3.05, 3.63) is 30.1 Å². The second kappa shape index (κ2) is 6.74. The molecule has 0 amide bonds. The Labute approximate surface area is 110 Å². The van der Waals surface area contributed by atoms with Crippen molar-refractivity contribution < 1.29 is 4.39 Å². The van der Waals surface area contributed by atoms with Crippen LogP contribution in [0.4, 0.5) is 10.1 Å². The fraction of sp³-hybridized carbons (Fsp3) is 0.600. The van der Waals surface area contributed by atoms with Crippen LogP contribution in [0.1, 0.15) is 27.7 Å². The van der Waals surface area contributed by atoms with Crippen molar-refractivity contribution in [2.45, 2.75) is 27.7 Å². The highest BCUT2D eigenvalue weighted by Crippen LogP contribution is 2.21. The summed E-state index contributed by atoms with van der Waals surface area (Å²) in [4.78, 5) is 2.29. The standard InChI is InChI=1S/C15H25FN2/c1-5-17-11-15(3,4)12-18(6-2)14-9-7-13(16)8-10-14/h7-10,17H,5-6,11-12H2,1-4H3. The van der Waals surface area contributed by atoms with E-state index < -0.39 is 0 Å². The van der Waals surface area contributed by atoms with Gasteiger partial charge in [0.1, 0.15) is 5.82 Å². The summed E-state index contributed by atoms with van der Waals surface area (Å²) in [6.45, 7) is 12.6. The van der Waals surface area contributed by atoms with Gasteiger partial charge in [0.15, 0.2) is 0 Å². The number of benzene rings is 1. The van der Waals surface area contributed by atoms with Crippen LogP contribution >= 0.6 is 0 Å². The molecule has 18 heavy (non-hydrogen) atoms. The van der Waals surface area contributed by atoms with Gasteiger partial charge in [0.25, 0.3) is 0 Å². The van der Waals surface area contributed by atoms with Crippen LogP contribution in [0.5, 0.6) is 0 Å². The molecule has 0 fully saturated rings. The molecular formula is C15H25FN2. The fourth-order valence-corrected chi connectivity index (χ4v) is 2.07. The molecule has 0 aliphatic heterocycles. The molecule has 0 spiro atoms. The normalized spacial score (nSPS) is 11.6. The minimum Gasteiger partial charge on any atom is -0.371 e. The summed E-state index contributed by atoms with van der Waals surface area (Å²) in [7, 11) is 0. The number of hydrogen-bond acceptors (Lipinski definition) is 2. The van der Waals surface area contributed by atoms with E-state index in [0.717, 1.165) is 31.9 Å². The summed E-state index contributed by atoms with van der Waals surface area (Å²) in [6, 6.07) is 6.74. The Bertz CT molecular complexity index is 346. The Kier molecular flexibility index (Phi) is 5.60. The molecule has 3 heteroatoms. The lowest BCUT2D eigenvalue weighted by molar-refractivity contribution is 0.346. The SMILES string of the molecule is CCNCC(C)(C)CN(CC)c1ccc(F)cc1. The molecule has 0 aliphatic rings. The van der Waals surface area contributed by atoms with Crippen molar-refractivity contribution >= 4 is 5.69 Å². The van der Waals surface area contributed by atoms with Gasteiger partial charge >= 0.3 is 0 Å². The van der Waals surface area contributed by atoms with Crippen LogP contribution in [-0.4, -0.2) is 26.2 Å². The van der Waals surface area contributed by atoms with E-state index in [2.05, 4.69) is 37.9 Å². The molecule has 2 nitrogen and oxygen atoms in total. The molecule has 1 aromatic rings. The van der Waals surface area contributed by atoms with E-state index in [0.29, 0.717) is 0 Å². The second-order valence-corrected chi connectivity index (χ2v) is 5.44. The van der Waals surface area contributed by atoms with Crippen LogP contribution in [0.25, 0.3) is 0 Å². The summed E-state index contributed by atoms with van der Waals surface area (Å²) in [5, 5.41) is 3.39. The van der Waals surface area contributed by atoms with Crippen molar-refractivity contribution in [1.29, 1.82) is 0 Å². The van der Waals surface area contributed by atoms with Crippen LogP contribution in [0, 0.1) is 11.2 Å². The van der Waals surface area contributed by atoms with Gasteiger partial charge in [-0.1, -0.05) is 20.8 Å².